The fourth-order valence-electron chi connectivity index (χ4n) is 2.21. The Kier molecular flexibility index (Phi) is 4.52. The van der Waals surface area contributed by atoms with Crippen LogP contribution in [0.4, 0.5) is 10.5 Å². The van der Waals surface area contributed by atoms with Gasteiger partial charge in [-0.2, -0.15) is 5.26 Å². The zero-order valence-corrected chi connectivity index (χ0v) is 11.6. The molecule has 6 heteroatoms. The molecule has 2 unspecified atom stereocenters. The van der Waals surface area contributed by atoms with Gasteiger partial charge in [-0.15, -0.1) is 0 Å². The van der Waals surface area contributed by atoms with Crippen LogP contribution in [0, 0.1) is 17.2 Å². The van der Waals surface area contributed by atoms with Crippen LogP contribution in [-0.4, -0.2) is 12.1 Å². The van der Waals surface area contributed by atoms with Gasteiger partial charge in [0.2, 0.25) is 0 Å². The van der Waals surface area contributed by atoms with E-state index < -0.39 is 0 Å². The molecule has 2 N–H and O–H groups in total. The Morgan fingerprint density at radius 1 is 1.37 bits per heavy atom. The SMILES string of the molecule is N#CC1CCCC1NC(=O)Nc1cc(Cl)ccc1Cl. The summed E-state index contributed by atoms with van der Waals surface area (Å²) in [5.41, 5.74) is 0.457. The number of rotatable bonds is 2. The van der Waals surface area contributed by atoms with Gasteiger partial charge >= 0.3 is 6.03 Å². The van der Waals surface area contributed by atoms with Crippen LogP contribution in [0.5, 0.6) is 0 Å². The Labute approximate surface area is 121 Å². The molecule has 0 spiro atoms. The molecule has 0 heterocycles. The van der Waals surface area contributed by atoms with Gasteiger partial charge in [-0.1, -0.05) is 23.2 Å². The van der Waals surface area contributed by atoms with Crippen molar-refractivity contribution < 1.29 is 4.79 Å². The first-order valence-corrected chi connectivity index (χ1v) is 6.78. The van der Waals surface area contributed by atoms with E-state index in [1.54, 1.807) is 18.2 Å². The molecule has 0 aromatic heterocycles. The number of halogens is 2. The van der Waals surface area contributed by atoms with Gasteiger partial charge in [-0.25, -0.2) is 4.79 Å². The summed E-state index contributed by atoms with van der Waals surface area (Å²) in [5, 5.41) is 15.3. The van der Waals surface area contributed by atoms with Crippen molar-refractivity contribution in [1.29, 1.82) is 5.26 Å². The number of nitriles is 1. The summed E-state index contributed by atoms with van der Waals surface area (Å²) in [6.07, 6.45) is 2.62. The van der Waals surface area contributed by atoms with E-state index in [-0.39, 0.29) is 18.0 Å². The lowest BCUT2D eigenvalue weighted by Gasteiger charge is -2.16. The lowest BCUT2D eigenvalue weighted by molar-refractivity contribution is 0.247. The summed E-state index contributed by atoms with van der Waals surface area (Å²) in [7, 11) is 0. The molecule has 4 nitrogen and oxygen atoms in total. The second kappa shape index (κ2) is 6.14. The molecular weight excluding hydrogens is 285 g/mol. The smallest absolute Gasteiger partial charge is 0.319 e. The molecule has 100 valence electrons. The van der Waals surface area contributed by atoms with Crippen molar-refractivity contribution in [3.05, 3.63) is 28.2 Å². The Balaban J connectivity index is 1.98. The highest BCUT2D eigenvalue weighted by molar-refractivity contribution is 6.35. The minimum absolute atomic E-state index is 0.0945. The van der Waals surface area contributed by atoms with E-state index >= 15 is 0 Å². The monoisotopic (exact) mass is 297 g/mol. The fourth-order valence-corrected chi connectivity index (χ4v) is 2.54. The zero-order valence-electron chi connectivity index (χ0n) is 10.1. The first kappa shape index (κ1) is 14.0. The van der Waals surface area contributed by atoms with Crippen molar-refractivity contribution in [2.45, 2.75) is 25.3 Å². The van der Waals surface area contributed by atoms with Gasteiger partial charge in [-0.3, -0.25) is 0 Å². The lowest BCUT2D eigenvalue weighted by atomic mass is 10.1. The highest BCUT2D eigenvalue weighted by atomic mass is 35.5. The fraction of sp³-hybridized carbons (Fsp3) is 0.385. The van der Waals surface area contributed by atoms with Crippen molar-refractivity contribution in [2.75, 3.05) is 5.32 Å². The van der Waals surface area contributed by atoms with E-state index in [4.69, 9.17) is 28.5 Å². The minimum Gasteiger partial charge on any atom is -0.334 e. The molecule has 0 aliphatic heterocycles. The van der Waals surface area contributed by atoms with E-state index in [1.807, 2.05) is 0 Å². The maximum atomic E-state index is 11.9. The molecule has 0 bridgehead atoms. The number of carbonyl (C=O) groups excluding carboxylic acids is 1. The third kappa shape index (κ3) is 3.52. The first-order chi connectivity index (χ1) is 9.10. The van der Waals surface area contributed by atoms with Crippen molar-refractivity contribution in [1.82, 2.24) is 5.32 Å². The Bertz CT molecular complexity index is 527. The largest absolute Gasteiger partial charge is 0.334 e. The van der Waals surface area contributed by atoms with E-state index in [9.17, 15) is 4.79 Å². The molecule has 1 aromatic carbocycles. The molecule has 1 aromatic rings. The molecule has 0 radical (unpaired) electrons. The number of benzene rings is 1. The maximum absolute atomic E-state index is 11.9. The second-order valence-electron chi connectivity index (χ2n) is 4.50. The van der Waals surface area contributed by atoms with Crippen LogP contribution in [0.25, 0.3) is 0 Å². The topological polar surface area (TPSA) is 64.9 Å². The van der Waals surface area contributed by atoms with Crippen LogP contribution in [0.2, 0.25) is 10.0 Å². The minimum atomic E-state index is -0.365. The average molecular weight is 298 g/mol. The Morgan fingerprint density at radius 2 is 2.16 bits per heavy atom. The third-order valence-corrected chi connectivity index (χ3v) is 3.74. The van der Waals surface area contributed by atoms with E-state index in [0.29, 0.717) is 15.7 Å². The molecule has 1 saturated carbocycles. The highest BCUT2D eigenvalue weighted by Gasteiger charge is 2.28. The summed E-state index contributed by atoms with van der Waals surface area (Å²) in [5.74, 6) is -0.111. The molecule has 2 amide bonds. The first-order valence-electron chi connectivity index (χ1n) is 6.02. The molecule has 1 aliphatic rings. The number of carbonyl (C=O) groups is 1. The van der Waals surface area contributed by atoms with Gasteiger partial charge in [0.15, 0.2) is 0 Å². The molecule has 19 heavy (non-hydrogen) atoms. The number of hydrogen-bond acceptors (Lipinski definition) is 2. The van der Waals surface area contributed by atoms with Crippen LogP contribution in [0.1, 0.15) is 19.3 Å². The van der Waals surface area contributed by atoms with E-state index in [2.05, 4.69) is 16.7 Å². The Hall–Kier alpha value is -1.44. The van der Waals surface area contributed by atoms with Crippen molar-refractivity contribution >= 4 is 34.9 Å². The lowest BCUT2D eigenvalue weighted by Crippen LogP contribution is -2.39. The number of nitrogens with one attached hydrogen (secondary N) is 2. The van der Waals surface area contributed by atoms with Gasteiger partial charge in [0, 0.05) is 11.1 Å². The third-order valence-electron chi connectivity index (χ3n) is 3.17. The molecule has 2 atom stereocenters. The summed E-state index contributed by atoms with van der Waals surface area (Å²) < 4.78 is 0. The normalized spacial score (nSPS) is 21.7. The van der Waals surface area contributed by atoms with Gasteiger partial charge in [0.25, 0.3) is 0 Å². The highest BCUT2D eigenvalue weighted by Crippen LogP contribution is 2.27. The number of anilines is 1. The molecule has 2 rings (SSSR count). The summed E-state index contributed by atoms with van der Waals surface area (Å²) in [6.45, 7) is 0. The number of hydrogen-bond donors (Lipinski definition) is 2. The number of nitrogens with zero attached hydrogens (tertiary/aromatic N) is 1. The van der Waals surface area contributed by atoms with Gasteiger partial charge in [0.05, 0.1) is 22.7 Å². The van der Waals surface area contributed by atoms with Crippen molar-refractivity contribution in [2.24, 2.45) is 5.92 Å². The summed E-state index contributed by atoms with van der Waals surface area (Å²) in [4.78, 5) is 11.9. The summed E-state index contributed by atoms with van der Waals surface area (Å²) in [6, 6.07) is 6.60. The van der Waals surface area contributed by atoms with E-state index in [1.165, 1.54) is 0 Å². The second-order valence-corrected chi connectivity index (χ2v) is 5.34. The zero-order chi connectivity index (χ0) is 13.8. The van der Waals surface area contributed by atoms with Crippen LogP contribution in [0.3, 0.4) is 0 Å². The molecule has 1 aliphatic carbocycles. The molecular formula is C13H13Cl2N3O. The predicted molar refractivity (Wildman–Crippen MR) is 75.4 cm³/mol. The standard InChI is InChI=1S/C13H13Cl2N3O/c14-9-4-5-10(15)12(6-9)18-13(19)17-11-3-1-2-8(11)7-16/h4-6,8,11H,1-3H2,(H2,17,18,19). The molecule has 0 saturated heterocycles. The Morgan fingerprint density at radius 3 is 2.89 bits per heavy atom. The van der Waals surface area contributed by atoms with Crippen LogP contribution in [0.15, 0.2) is 18.2 Å². The quantitative estimate of drug-likeness (QED) is 0.872. The average Bonchev–Trinajstić information content (AvgIpc) is 2.81. The van der Waals surface area contributed by atoms with Crippen molar-refractivity contribution in [3.8, 4) is 6.07 Å². The number of urea groups is 1. The van der Waals surface area contributed by atoms with E-state index in [0.717, 1.165) is 19.3 Å². The van der Waals surface area contributed by atoms with Gasteiger partial charge < -0.3 is 10.6 Å². The van der Waals surface area contributed by atoms with Crippen LogP contribution >= 0.6 is 23.2 Å². The number of amides is 2. The van der Waals surface area contributed by atoms with Crippen molar-refractivity contribution in [3.63, 3.8) is 0 Å². The predicted octanol–water partition coefficient (Wildman–Crippen LogP) is 3.81. The van der Waals surface area contributed by atoms with Crippen LogP contribution in [-0.2, 0) is 0 Å². The maximum Gasteiger partial charge on any atom is 0.319 e. The summed E-state index contributed by atoms with van der Waals surface area (Å²) >= 11 is 11.8. The van der Waals surface area contributed by atoms with Crippen LogP contribution < -0.4 is 10.6 Å². The van der Waals surface area contributed by atoms with Gasteiger partial charge in [-0.05, 0) is 37.5 Å². The van der Waals surface area contributed by atoms with Gasteiger partial charge in [0.1, 0.15) is 0 Å². The molecule has 1 fully saturated rings.